The van der Waals surface area contributed by atoms with Crippen molar-refractivity contribution < 1.29 is 4.79 Å². The summed E-state index contributed by atoms with van der Waals surface area (Å²) in [6.45, 7) is 8.36. The van der Waals surface area contributed by atoms with E-state index in [1.807, 2.05) is 30.3 Å². The number of hydrazone groups is 1. The van der Waals surface area contributed by atoms with Crippen molar-refractivity contribution >= 4 is 39.8 Å². The van der Waals surface area contributed by atoms with Gasteiger partial charge in [-0.05, 0) is 79.0 Å². The number of benzene rings is 2. The van der Waals surface area contributed by atoms with Gasteiger partial charge in [0.25, 0.3) is 0 Å². The van der Waals surface area contributed by atoms with Gasteiger partial charge in [-0.15, -0.1) is 11.8 Å². The van der Waals surface area contributed by atoms with E-state index in [1.165, 1.54) is 22.9 Å². The van der Waals surface area contributed by atoms with Crippen molar-refractivity contribution in [3.8, 4) is 5.69 Å². The Bertz CT molecular complexity index is 1060. The van der Waals surface area contributed by atoms with Gasteiger partial charge in [0, 0.05) is 32.0 Å². The summed E-state index contributed by atoms with van der Waals surface area (Å²) in [7, 11) is 0. The maximum absolute atomic E-state index is 12.1. The number of hydrogen-bond acceptors (Lipinski definition) is 3. The summed E-state index contributed by atoms with van der Waals surface area (Å²) in [5.74, 6) is 0.193. The first-order chi connectivity index (χ1) is 13.9. The van der Waals surface area contributed by atoms with E-state index in [0.29, 0.717) is 5.75 Å². The topological polar surface area (TPSA) is 46.4 Å². The Hall–Kier alpha value is -2.31. The van der Waals surface area contributed by atoms with Crippen LogP contribution in [0.5, 0.6) is 0 Å². The predicted molar refractivity (Wildman–Crippen MR) is 125 cm³/mol. The second-order valence-corrected chi connectivity index (χ2v) is 8.74. The van der Waals surface area contributed by atoms with Gasteiger partial charge in [0.2, 0.25) is 5.91 Å². The molecule has 29 heavy (non-hydrogen) atoms. The molecular weight excluding hydrogens is 446 g/mol. The van der Waals surface area contributed by atoms with Crippen LogP contribution in [0.15, 0.2) is 63.0 Å². The highest BCUT2D eigenvalue weighted by Crippen LogP contribution is 2.30. The summed E-state index contributed by atoms with van der Waals surface area (Å²) in [6, 6.07) is 16.3. The molecule has 1 aromatic heterocycles. The zero-order valence-corrected chi connectivity index (χ0v) is 19.4. The van der Waals surface area contributed by atoms with Crippen LogP contribution >= 0.6 is 27.7 Å². The highest BCUT2D eigenvalue weighted by Gasteiger charge is 2.16. The summed E-state index contributed by atoms with van der Waals surface area (Å²) in [5.41, 5.74) is 9.38. The summed E-state index contributed by atoms with van der Waals surface area (Å²) < 4.78 is 3.18. The molecular formula is C23H24BrN3OS. The fourth-order valence-electron chi connectivity index (χ4n) is 3.09. The van der Waals surface area contributed by atoms with Crippen molar-refractivity contribution in [1.82, 2.24) is 9.99 Å². The van der Waals surface area contributed by atoms with E-state index in [4.69, 9.17) is 0 Å². The van der Waals surface area contributed by atoms with Gasteiger partial charge in [-0.25, -0.2) is 5.43 Å². The second-order valence-electron chi connectivity index (χ2n) is 6.90. The van der Waals surface area contributed by atoms with Gasteiger partial charge in [-0.3, -0.25) is 4.79 Å². The van der Waals surface area contributed by atoms with Crippen LogP contribution in [0, 0.1) is 27.7 Å². The number of aromatic nitrogens is 1. The van der Waals surface area contributed by atoms with E-state index in [2.05, 4.69) is 76.9 Å². The Labute approximate surface area is 184 Å². The third-order valence-corrected chi connectivity index (χ3v) is 6.87. The molecule has 4 nitrogen and oxygen atoms in total. The molecule has 2 aromatic carbocycles. The minimum Gasteiger partial charge on any atom is -0.317 e. The van der Waals surface area contributed by atoms with Crippen LogP contribution in [0.2, 0.25) is 0 Å². The smallest absolute Gasteiger partial charge is 0.250 e. The number of aryl methyl sites for hydroxylation is 2. The van der Waals surface area contributed by atoms with Crippen LogP contribution in [0.1, 0.15) is 28.1 Å². The summed E-state index contributed by atoms with van der Waals surface area (Å²) >= 11 is 5.17. The maximum atomic E-state index is 12.1. The molecule has 0 radical (unpaired) electrons. The molecule has 3 aromatic rings. The third-order valence-electron chi connectivity index (χ3n) is 4.86. The van der Waals surface area contributed by atoms with E-state index in [1.54, 1.807) is 6.21 Å². The van der Waals surface area contributed by atoms with Gasteiger partial charge in [-0.2, -0.15) is 5.10 Å². The molecule has 6 heteroatoms. The van der Waals surface area contributed by atoms with Gasteiger partial charge in [0.15, 0.2) is 0 Å². The maximum Gasteiger partial charge on any atom is 0.250 e. The van der Waals surface area contributed by atoms with Crippen molar-refractivity contribution in [1.29, 1.82) is 0 Å². The number of thioether (sulfide) groups is 1. The van der Waals surface area contributed by atoms with Crippen LogP contribution < -0.4 is 5.43 Å². The summed E-state index contributed by atoms with van der Waals surface area (Å²) in [6.07, 6.45) is 1.70. The van der Waals surface area contributed by atoms with Gasteiger partial charge in [-0.1, -0.05) is 24.3 Å². The zero-order valence-electron chi connectivity index (χ0n) is 17.0. The number of carbonyl (C=O) groups excluding carboxylic acids is 1. The van der Waals surface area contributed by atoms with E-state index in [9.17, 15) is 4.79 Å². The largest absolute Gasteiger partial charge is 0.317 e. The van der Waals surface area contributed by atoms with Crippen LogP contribution in [-0.4, -0.2) is 22.4 Å². The van der Waals surface area contributed by atoms with Crippen molar-refractivity contribution in [3.63, 3.8) is 0 Å². The Morgan fingerprint density at radius 3 is 2.48 bits per heavy atom. The normalized spacial score (nSPS) is 11.2. The van der Waals surface area contributed by atoms with Crippen LogP contribution in [0.25, 0.3) is 5.69 Å². The second kappa shape index (κ2) is 9.46. The number of hydrogen-bond donors (Lipinski definition) is 1. The van der Waals surface area contributed by atoms with Crippen molar-refractivity contribution in [2.75, 3.05) is 5.75 Å². The van der Waals surface area contributed by atoms with Gasteiger partial charge in [0.05, 0.1) is 12.0 Å². The molecule has 0 aliphatic heterocycles. The molecule has 1 heterocycles. The average Bonchev–Trinajstić information content (AvgIpc) is 2.92. The van der Waals surface area contributed by atoms with Gasteiger partial charge >= 0.3 is 0 Å². The molecule has 0 fully saturated rings. The first-order valence-corrected chi connectivity index (χ1v) is 11.1. The lowest BCUT2D eigenvalue weighted by Crippen LogP contribution is -2.19. The molecule has 0 aliphatic carbocycles. The minimum atomic E-state index is -0.130. The molecule has 0 saturated carbocycles. The molecule has 0 atom stereocenters. The first-order valence-electron chi connectivity index (χ1n) is 9.33. The molecule has 0 saturated heterocycles. The average molecular weight is 470 g/mol. The minimum absolute atomic E-state index is 0.130. The van der Waals surface area contributed by atoms with E-state index >= 15 is 0 Å². The third kappa shape index (κ3) is 5.00. The molecule has 0 spiro atoms. The fourth-order valence-corrected chi connectivity index (χ4v) is 4.37. The number of carbonyl (C=O) groups is 1. The Morgan fingerprint density at radius 1 is 1.07 bits per heavy atom. The first kappa shape index (κ1) is 21.4. The Balaban J connectivity index is 1.72. The fraction of sp³-hybridized carbons (Fsp3) is 0.217. The zero-order chi connectivity index (χ0) is 21.0. The highest BCUT2D eigenvalue weighted by atomic mass is 79.9. The van der Waals surface area contributed by atoms with Crippen molar-refractivity contribution in [2.45, 2.75) is 32.6 Å². The summed E-state index contributed by atoms with van der Waals surface area (Å²) in [5, 5.41) is 4.17. The lowest BCUT2D eigenvalue weighted by Gasteiger charge is -2.11. The summed E-state index contributed by atoms with van der Waals surface area (Å²) in [4.78, 5) is 13.1. The molecule has 1 N–H and O–H groups in total. The Morgan fingerprint density at radius 2 is 1.79 bits per heavy atom. The monoisotopic (exact) mass is 469 g/mol. The number of amides is 1. The number of halogens is 1. The lowest BCUT2D eigenvalue weighted by molar-refractivity contribution is -0.118. The van der Waals surface area contributed by atoms with Gasteiger partial charge < -0.3 is 4.57 Å². The number of nitrogens with zero attached hydrogens (tertiary/aromatic N) is 2. The lowest BCUT2D eigenvalue weighted by atomic mass is 10.1. The molecule has 3 rings (SSSR count). The highest BCUT2D eigenvalue weighted by molar-refractivity contribution is 9.10. The van der Waals surface area contributed by atoms with Crippen LogP contribution in [0.4, 0.5) is 0 Å². The number of rotatable bonds is 6. The molecule has 0 bridgehead atoms. The standard InChI is InChI=1S/C23H24BrN3OS/c1-15-10-11-19(12-16(15)2)27-17(3)21(23(24)18(27)4)13-25-26-22(28)14-29-20-8-6-5-7-9-20/h5-13H,14H2,1-4H3,(H,26,28)/b25-13-. The molecule has 0 aliphatic rings. The van der Waals surface area contributed by atoms with Crippen molar-refractivity contribution in [3.05, 3.63) is 81.1 Å². The molecule has 1 amide bonds. The Kier molecular flexibility index (Phi) is 6.98. The van der Waals surface area contributed by atoms with E-state index in [0.717, 1.165) is 32.0 Å². The van der Waals surface area contributed by atoms with E-state index < -0.39 is 0 Å². The quantitative estimate of drug-likeness (QED) is 0.285. The van der Waals surface area contributed by atoms with Crippen LogP contribution in [-0.2, 0) is 4.79 Å². The number of nitrogens with one attached hydrogen (secondary N) is 1. The van der Waals surface area contributed by atoms with Gasteiger partial charge in [0.1, 0.15) is 0 Å². The predicted octanol–water partition coefficient (Wildman–Crippen LogP) is 5.72. The molecule has 0 unspecified atom stereocenters. The van der Waals surface area contributed by atoms with Crippen molar-refractivity contribution in [2.24, 2.45) is 5.10 Å². The SMILES string of the molecule is Cc1ccc(-n2c(C)c(Br)c(/C=N\NC(=O)CSc3ccccc3)c2C)cc1C. The molecule has 150 valence electrons. The van der Waals surface area contributed by atoms with Crippen LogP contribution in [0.3, 0.4) is 0 Å². The van der Waals surface area contributed by atoms with E-state index in [-0.39, 0.29) is 5.91 Å².